The quantitative estimate of drug-likeness (QED) is 0.458. The average molecular weight is 332 g/mol. The Balaban J connectivity index is 1.77. The van der Waals surface area contributed by atoms with Crippen molar-refractivity contribution < 1.29 is 5.11 Å². The van der Waals surface area contributed by atoms with E-state index in [0.29, 0.717) is 11.8 Å². The number of aromatic hydroxyl groups is 1. The van der Waals surface area contributed by atoms with Crippen molar-refractivity contribution in [3.05, 3.63) is 24.3 Å². The molecule has 1 aliphatic rings. The number of phenolic OH excluding ortho intramolecular Hbond substituents is 1. The first-order valence-corrected chi connectivity index (χ1v) is 10.4. The number of nitrogens with zero attached hydrogens (tertiary/aromatic N) is 1. The third-order valence-electron chi connectivity index (χ3n) is 5.45. The maximum atomic E-state index is 9.56. The van der Waals surface area contributed by atoms with Gasteiger partial charge in [-0.05, 0) is 43.5 Å². The summed E-state index contributed by atoms with van der Waals surface area (Å²) in [5.41, 5.74) is 1.29. The minimum absolute atomic E-state index is 0.370. The standard InChI is InChI=1S/C22H37NO/c1-2-3-4-5-6-7-8-12-19-23(20-13-10-9-11-14-20)21-15-17-22(24)18-16-21/h15-18,20,24H,2-14,19H2,1H3. The van der Waals surface area contributed by atoms with Gasteiger partial charge in [0.2, 0.25) is 0 Å². The molecule has 0 saturated heterocycles. The SMILES string of the molecule is CCCCCCCCCCN(c1ccc(O)cc1)C1CCCCC1. The van der Waals surface area contributed by atoms with Crippen LogP contribution in [0, 0.1) is 0 Å². The fourth-order valence-electron chi connectivity index (χ4n) is 3.98. The van der Waals surface area contributed by atoms with E-state index in [9.17, 15) is 5.11 Å². The van der Waals surface area contributed by atoms with E-state index >= 15 is 0 Å². The van der Waals surface area contributed by atoms with E-state index in [2.05, 4.69) is 24.0 Å². The lowest BCUT2D eigenvalue weighted by Crippen LogP contribution is -2.37. The summed E-state index contributed by atoms with van der Waals surface area (Å²) in [4.78, 5) is 2.62. The highest BCUT2D eigenvalue weighted by atomic mass is 16.3. The molecule has 0 heterocycles. The first kappa shape index (κ1) is 19.1. The molecule has 1 aliphatic carbocycles. The molecule has 136 valence electrons. The molecule has 0 atom stereocenters. The van der Waals surface area contributed by atoms with Crippen LogP contribution in [0.2, 0.25) is 0 Å². The summed E-state index contributed by atoms with van der Waals surface area (Å²) < 4.78 is 0. The highest BCUT2D eigenvalue weighted by Crippen LogP contribution is 2.29. The molecule has 0 bridgehead atoms. The lowest BCUT2D eigenvalue weighted by Gasteiger charge is -2.36. The molecule has 2 heteroatoms. The molecule has 1 N–H and O–H groups in total. The fraction of sp³-hybridized carbons (Fsp3) is 0.727. The van der Waals surface area contributed by atoms with Gasteiger partial charge >= 0.3 is 0 Å². The summed E-state index contributed by atoms with van der Waals surface area (Å²) in [6, 6.07) is 8.55. The second-order valence-electron chi connectivity index (χ2n) is 7.48. The summed E-state index contributed by atoms with van der Waals surface area (Å²) in [6.45, 7) is 3.45. The van der Waals surface area contributed by atoms with E-state index in [-0.39, 0.29) is 0 Å². The number of anilines is 1. The van der Waals surface area contributed by atoms with E-state index in [4.69, 9.17) is 0 Å². The monoisotopic (exact) mass is 331 g/mol. The van der Waals surface area contributed by atoms with Crippen LogP contribution >= 0.6 is 0 Å². The van der Waals surface area contributed by atoms with Gasteiger partial charge in [0.15, 0.2) is 0 Å². The number of rotatable bonds is 11. The van der Waals surface area contributed by atoms with Crippen LogP contribution in [0.3, 0.4) is 0 Å². The van der Waals surface area contributed by atoms with Crippen LogP contribution in [-0.4, -0.2) is 17.7 Å². The van der Waals surface area contributed by atoms with Crippen molar-refractivity contribution in [3.63, 3.8) is 0 Å². The average Bonchev–Trinajstić information content (AvgIpc) is 2.62. The van der Waals surface area contributed by atoms with Crippen LogP contribution in [0.4, 0.5) is 5.69 Å². The van der Waals surface area contributed by atoms with Crippen molar-refractivity contribution in [3.8, 4) is 5.75 Å². The van der Waals surface area contributed by atoms with Gasteiger partial charge in [-0.1, -0.05) is 71.1 Å². The van der Waals surface area contributed by atoms with Crippen LogP contribution in [0.15, 0.2) is 24.3 Å². The highest BCUT2D eigenvalue weighted by molar-refractivity contribution is 5.49. The van der Waals surface area contributed by atoms with Crippen molar-refractivity contribution in [1.82, 2.24) is 0 Å². The van der Waals surface area contributed by atoms with E-state index in [0.717, 1.165) is 0 Å². The minimum Gasteiger partial charge on any atom is -0.508 e. The summed E-state index contributed by atoms with van der Waals surface area (Å²) in [5.74, 6) is 0.370. The summed E-state index contributed by atoms with van der Waals surface area (Å²) in [6.07, 6.45) is 17.8. The van der Waals surface area contributed by atoms with Gasteiger partial charge in [0.1, 0.15) is 5.75 Å². The van der Waals surface area contributed by atoms with Crippen LogP contribution in [0.5, 0.6) is 5.75 Å². The summed E-state index contributed by atoms with van der Waals surface area (Å²) in [5, 5.41) is 9.56. The molecule has 0 radical (unpaired) electrons. The zero-order valence-corrected chi connectivity index (χ0v) is 15.7. The number of hydrogen-bond donors (Lipinski definition) is 1. The third kappa shape index (κ3) is 6.75. The van der Waals surface area contributed by atoms with Crippen LogP contribution in [0.25, 0.3) is 0 Å². The molecule has 1 aromatic rings. The largest absolute Gasteiger partial charge is 0.508 e. The van der Waals surface area contributed by atoms with E-state index < -0.39 is 0 Å². The molecular formula is C22H37NO. The molecule has 1 fully saturated rings. The van der Waals surface area contributed by atoms with E-state index in [1.165, 1.54) is 95.7 Å². The summed E-state index contributed by atoms with van der Waals surface area (Å²) in [7, 11) is 0. The number of unbranched alkanes of at least 4 members (excludes halogenated alkanes) is 7. The maximum absolute atomic E-state index is 9.56. The second-order valence-corrected chi connectivity index (χ2v) is 7.48. The van der Waals surface area contributed by atoms with Gasteiger partial charge in [-0.3, -0.25) is 0 Å². The Morgan fingerprint density at radius 2 is 1.42 bits per heavy atom. The Bertz CT molecular complexity index is 422. The Kier molecular flexibility index (Phi) is 9.09. The van der Waals surface area contributed by atoms with Gasteiger partial charge in [0.05, 0.1) is 0 Å². The molecule has 2 rings (SSSR count). The lowest BCUT2D eigenvalue weighted by atomic mass is 9.93. The van der Waals surface area contributed by atoms with Gasteiger partial charge in [-0.2, -0.15) is 0 Å². The number of phenols is 1. The number of benzene rings is 1. The van der Waals surface area contributed by atoms with Crippen molar-refractivity contribution in [1.29, 1.82) is 0 Å². The van der Waals surface area contributed by atoms with Crippen LogP contribution in [0.1, 0.15) is 90.4 Å². The topological polar surface area (TPSA) is 23.5 Å². The predicted octanol–water partition coefficient (Wildman–Crippen LogP) is 6.67. The maximum Gasteiger partial charge on any atom is 0.115 e. The van der Waals surface area contributed by atoms with Crippen molar-refractivity contribution in [2.24, 2.45) is 0 Å². The Morgan fingerprint density at radius 1 is 0.833 bits per heavy atom. The Morgan fingerprint density at radius 3 is 2.04 bits per heavy atom. The van der Waals surface area contributed by atoms with Gasteiger partial charge in [0.25, 0.3) is 0 Å². The van der Waals surface area contributed by atoms with Crippen LogP contribution in [-0.2, 0) is 0 Å². The van der Waals surface area contributed by atoms with Gasteiger partial charge in [-0.15, -0.1) is 0 Å². The molecule has 1 saturated carbocycles. The Hall–Kier alpha value is -1.18. The van der Waals surface area contributed by atoms with Gasteiger partial charge in [0, 0.05) is 18.3 Å². The lowest BCUT2D eigenvalue weighted by molar-refractivity contribution is 0.409. The zero-order chi connectivity index (χ0) is 17.0. The van der Waals surface area contributed by atoms with Crippen molar-refractivity contribution >= 4 is 5.69 Å². The molecule has 0 unspecified atom stereocenters. The van der Waals surface area contributed by atoms with Crippen molar-refractivity contribution in [2.45, 2.75) is 96.4 Å². The van der Waals surface area contributed by atoms with Gasteiger partial charge in [-0.25, -0.2) is 0 Å². The molecule has 24 heavy (non-hydrogen) atoms. The number of hydrogen-bond acceptors (Lipinski definition) is 2. The Labute approximate surface area is 149 Å². The molecule has 0 aromatic heterocycles. The van der Waals surface area contributed by atoms with Crippen LogP contribution < -0.4 is 4.90 Å². The minimum atomic E-state index is 0.370. The van der Waals surface area contributed by atoms with Crippen molar-refractivity contribution in [2.75, 3.05) is 11.4 Å². The normalized spacial score (nSPS) is 15.5. The molecule has 0 spiro atoms. The second kappa shape index (κ2) is 11.4. The zero-order valence-electron chi connectivity index (χ0n) is 15.7. The van der Waals surface area contributed by atoms with E-state index in [1.807, 2.05) is 12.1 Å². The molecule has 1 aromatic carbocycles. The smallest absolute Gasteiger partial charge is 0.115 e. The van der Waals surface area contributed by atoms with Gasteiger partial charge < -0.3 is 10.0 Å². The first-order valence-electron chi connectivity index (χ1n) is 10.4. The highest BCUT2D eigenvalue weighted by Gasteiger charge is 2.21. The molecule has 0 amide bonds. The third-order valence-corrected chi connectivity index (χ3v) is 5.45. The fourth-order valence-corrected chi connectivity index (χ4v) is 3.98. The predicted molar refractivity (Wildman–Crippen MR) is 105 cm³/mol. The molecular weight excluding hydrogens is 294 g/mol. The molecule has 0 aliphatic heterocycles. The molecule has 2 nitrogen and oxygen atoms in total. The summed E-state index contributed by atoms with van der Waals surface area (Å²) >= 11 is 0. The van der Waals surface area contributed by atoms with E-state index in [1.54, 1.807) is 0 Å². The first-order chi connectivity index (χ1) is 11.8.